The Labute approximate surface area is 210 Å². The summed E-state index contributed by atoms with van der Waals surface area (Å²) in [4.78, 5) is 45.4. The summed E-state index contributed by atoms with van der Waals surface area (Å²) in [6, 6.07) is 11.1. The van der Waals surface area contributed by atoms with Crippen LogP contribution < -0.4 is 0 Å². The van der Waals surface area contributed by atoms with Crippen LogP contribution in [0.25, 0.3) is 22.1 Å². The van der Waals surface area contributed by atoms with Crippen molar-refractivity contribution in [2.45, 2.75) is 38.5 Å². The van der Waals surface area contributed by atoms with Crippen molar-refractivity contribution >= 4 is 33.9 Å². The van der Waals surface area contributed by atoms with Crippen molar-refractivity contribution in [3.05, 3.63) is 72.3 Å². The summed E-state index contributed by atoms with van der Waals surface area (Å²) in [5.41, 5.74) is 4.64. The van der Waals surface area contributed by atoms with Crippen molar-refractivity contribution in [1.29, 1.82) is 0 Å². The molecule has 2 amide bonds. The van der Waals surface area contributed by atoms with Crippen LogP contribution in [0.4, 0.5) is 0 Å². The highest BCUT2D eigenvalue weighted by Crippen LogP contribution is 2.17. The van der Waals surface area contributed by atoms with E-state index in [2.05, 4.69) is 19.9 Å². The first-order valence-corrected chi connectivity index (χ1v) is 12.7. The average Bonchev–Trinajstić information content (AvgIpc) is 2.97. The van der Waals surface area contributed by atoms with Gasteiger partial charge in [-0.3, -0.25) is 29.5 Å². The fraction of sp³-hybridized carbons (Fsp3) is 0.357. The number of rotatable bonds is 2. The van der Waals surface area contributed by atoms with E-state index in [0.29, 0.717) is 11.1 Å². The number of aromatic nitrogens is 4. The monoisotopic (exact) mass is 482 g/mol. The minimum Gasteiger partial charge on any atom is -0.339 e. The van der Waals surface area contributed by atoms with Gasteiger partial charge in [-0.05, 0) is 74.9 Å². The van der Waals surface area contributed by atoms with Gasteiger partial charge in [-0.15, -0.1) is 0 Å². The average molecular weight is 483 g/mol. The lowest BCUT2D eigenvalue weighted by molar-refractivity contribution is 0.0717. The molecule has 0 saturated carbocycles. The maximum atomic E-state index is 12.3. The molecule has 36 heavy (non-hydrogen) atoms. The molecule has 6 rings (SSSR count). The van der Waals surface area contributed by atoms with Crippen molar-refractivity contribution in [3.63, 3.8) is 0 Å². The summed E-state index contributed by atoms with van der Waals surface area (Å²) in [6.45, 7) is 3.49. The highest BCUT2D eigenvalue weighted by atomic mass is 16.2. The van der Waals surface area contributed by atoms with Crippen LogP contribution in [-0.2, 0) is 0 Å². The molecule has 0 aliphatic carbocycles. The van der Waals surface area contributed by atoms with E-state index in [1.54, 1.807) is 24.8 Å². The first-order chi connectivity index (χ1) is 17.7. The molecule has 184 valence electrons. The summed E-state index contributed by atoms with van der Waals surface area (Å²) in [5, 5.41) is 0. The van der Waals surface area contributed by atoms with Gasteiger partial charge in [0.1, 0.15) is 0 Å². The lowest BCUT2D eigenvalue weighted by Crippen LogP contribution is -2.35. The molecule has 0 radical (unpaired) electrons. The molecule has 0 atom stereocenters. The molecule has 2 aliphatic heterocycles. The van der Waals surface area contributed by atoms with Crippen molar-refractivity contribution in [2.75, 3.05) is 26.2 Å². The summed E-state index contributed by atoms with van der Waals surface area (Å²) in [7, 11) is 0. The van der Waals surface area contributed by atoms with Crippen LogP contribution >= 0.6 is 0 Å². The fourth-order valence-electron chi connectivity index (χ4n) is 4.75. The van der Waals surface area contributed by atoms with Crippen LogP contribution in [0.3, 0.4) is 0 Å². The summed E-state index contributed by atoms with van der Waals surface area (Å²) >= 11 is 0. The largest absolute Gasteiger partial charge is 0.339 e. The second-order valence-electron chi connectivity index (χ2n) is 9.23. The van der Waals surface area contributed by atoms with E-state index in [-0.39, 0.29) is 11.8 Å². The number of hydrogen-bond acceptors (Lipinski definition) is 6. The zero-order valence-corrected chi connectivity index (χ0v) is 20.3. The number of likely N-dealkylation sites (tertiary alicyclic amines) is 2. The Hall–Kier alpha value is -3.94. The SMILES string of the molecule is O=C(c1ccc2nccnc2c1)N1CCCCC1.O=C(c1ccc2nccnc2c1)N1CCCCC1. The maximum absolute atomic E-state index is 12.3. The van der Waals surface area contributed by atoms with Gasteiger partial charge in [-0.25, -0.2) is 0 Å². The van der Waals surface area contributed by atoms with Crippen LogP contribution in [0.15, 0.2) is 61.2 Å². The van der Waals surface area contributed by atoms with Gasteiger partial charge in [-0.1, -0.05) is 0 Å². The minimum absolute atomic E-state index is 0.113. The number of fused-ring (bicyclic) bond motifs is 2. The highest BCUT2D eigenvalue weighted by molar-refractivity contribution is 5.98. The van der Waals surface area contributed by atoms with Crippen LogP contribution in [-0.4, -0.2) is 67.7 Å². The number of amides is 2. The molecule has 2 fully saturated rings. The Morgan fingerprint density at radius 3 is 1.25 bits per heavy atom. The Kier molecular flexibility index (Phi) is 7.40. The quantitative estimate of drug-likeness (QED) is 0.417. The number of carbonyl (C=O) groups is 2. The van der Waals surface area contributed by atoms with Gasteiger partial charge in [0.2, 0.25) is 0 Å². The van der Waals surface area contributed by atoms with Gasteiger partial charge < -0.3 is 9.80 Å². The Morgan fingerprint density at radius 2 is 0.861 bits per heavy atom. The molecule has 2 saturated heterocycles. The Balaban J connectivity index is 0.000000148. The van der Waals surface area contributed by atoms with Gasteiger partial charge in [0, 0.05) is 62.1 Å². The molecule has 2 aliphatic rings. The Morgan fingerprint density at radius 1 is 0.500 bits per heavy atom. The number of benzene rings is 2. The van der Waals surface area contributed by atoms with Crippen LogP contribution in [0, 0.1) is 0 Å². The molecule has 4 aromatic rings. The first kappa shape index (κ1) is 23.8. The van der Waals surface area contributed by atoms with E-state index in [1.807, 2.05) is 46.2 Å². The van der Waals surface area contributed by atoms with Gasteiger partial charge in [-0.2, -0.15) is 0 Å². The van der Waals surface area contributed by atoms with Crippen molar-refractivity contribution in [3.8, 4) is 0 Å². The zero-order valence-electron chi connectivity index (χ0n) is 20.3. The third-order valence-electron chi connectivity index (χ3n) is 6.72. The molecular weight excluding hydrogens is 452 g/mol. The highest BCUT2D eigenvalue weighted by Gasteiger charge is 2.19. The summed E-state index contributed by atoms with van der Waals surface area (Å²) in [5.74, 6) is 0.226. The predicted molar refractivity (Wildman–Crippen MR) is 139 cm³/mol. The molecular formula is C28H30N6O2. The van der Waals surface area contributed by atoms with E-state index >= 15 is 0 Å². The molecule has 2 aromatic heterocycles. The third kappa shape index (κ3) is 5.48. The second kappa shape index (κ2) is 11.2. The Bertz CT molecular complexity index is 1260. The smallest absolute Gasteiger partial charge is 0.253 e. The number of piperidine rings is 2. The van der Waals surface area contributed by atoms with Gasteiger partial charge in [0.25, 0.3) is 11.8 Å². The lowest BCUT2D eigenvalue weighted by Gasteiger charge is -2.26. The normalized spacial score (nSPS) is 15.9. The maximum Gasteiger partial charge on any atom is 0.253 e. The van der Waals surface area contributed by atoms with Crippen molar-refractivity contribution < 1.29 is 9.59 Å². The van der Waals surface area contributed by atoms with Gasteiger partial charge in [0.05, 0.1) is 22.1 Å². The summed E-state index contributed by atoms with van der Waals surface area (Å²) < 4.78 is 0. The predicted octanol–water partition coefficient (Wildman–Crippen LogP) is 4.51. The van der Waals surface area contributed by atoms with Crippen molar-refractivity contribution in [2.24, 2.45) is 0 Å². The van der Waals surface area contributed by atoms with E-state index in [1.165, 1.54) is 12.8 Å². The standard InChI is InChI=1S/2C14H15N3O/c2*18-14(17-8-2-1-3-9-17)11-4-5-12-13(10-11)16-7-6-15-12/h2*4-7,10H,1-3,8-9H2. The fourth-order valence-corrected chi connectivity index (χ4v) is 4.75. The number of carbonyl (C=O) groups excluding carboxylic acids is 2. The zero-order chi connectivity index (χ0) is 24.7. The van der Waals surface area contributed by atoms with Gasteiger partial charge >= 0.3 is 0 Å². The number of hydrogen-bond donors (Lipinski definition) is 0. The summed E-state index contributed by atoms with van der Waals surface area (Å²) in [6.07, 6.45) is 13.5. The second-order valence-corrected chi connectivity index (χ2v) is 9.23. The van der Waals surface area contributed by atoms with E-state index in [9.17, 15) is 9.59 Å². The molecule has 8 nitrogen and oxygen atoms in total. The van der Waals surface area contributed by atoms with Crippen LogP contribution in [0.2, 0.25) is 0 Å². The molecule has 0 N–H and O–H groups in total. The number of nitrogens with zero attached hydrogens (tertiary/aromatic N) is 6. The molecule has 0 spiro atoms. The lowest BCUT2D eigenvalue weighted by atomic mass is 10.1. The van der Waals surface area contributed by atoms with Crippen LogP contribution in [0.1, 0.15) is 59.2 Å². The minimum atomic E-state index is 0.113. The van der Waals surface area contributed by atoms with Crippen LogP contribution in [0.5, 0.6) is 0 Å². The van der Waals surface area contributed by atoms with E-state index < -0.39 is 0 Å². The molecule has 0 bridgehead atoms. The molecule has 4 heterocycles. The molecule has 2 aromatic carbocycles. The first-order valence-electron chi connectivity index (χ1n) is 12.7. The molecule has 8 heteroatoms. The van der Waals surface area contributed by atoms with E-state index in [0.717, 1.165) is 73.9 Å². The molecule has 0 unspecified atom stereocenters. The van der Waals surface area contributed by atoms with Gasteiger partial charge in [0.15, 0.2) is 0 Å². The van der Waals surface area contributed by atoms with Crippen molar-refractivity contribution in [1.82, 2.24) is 29.7 Å². The third-order valence-corrected chi connectivity index (χ3v) is 6.72. The topological polar surface area (TPSA) is 92.2 Å². The van der Waals surface area contributed by atoms with E-state index in [4.69, 9.17) is 0 Å².